The molecule has 0 aromatic heterocycles. The van der Waals surface area contributed by atoms with E-state index in [1.54, 1.807) is 0 Å². The molecule has 1 N–H and O–H groups in total. The molecule has 0 aliphatic rings. The molecule has 0 heterocycles. The van der Waals surface area contributed by atoms with Crippen molar-refractivity contribution in [1.29, 1.82) is 0 Å². The van der Waals surface area contributed by atoms with E-state index in [0.29, 0.717) is 5.92 Å². The van der Waals surface area contributed by atoms with Crippen LogP contribution in [0.5, 0.6) is 0 Å². The first-order valence-corrected chi connectivity index (χ1v) is 14.7. The van der Waals surface area contributed by atoms with Crippen molar-refractivity contribution in [3.63, 3.8) is 0 Å². The van der Waals surface area contributed by atoms with E-state index in [0.717, 1.165) is 32.1 Å². The molecular formula is C30H60O2. The third-order valence-corrected chi connectivity index (χ3v) is 7.52. The van der Waals surface area contributed by atoms with Crippen LogP contribution in [0.2, 0.25) is 0 Å². The number of carboxylic acids is 1. The summed E-state index contributed by atoms with van der Waals surface area (Å²) in [5.41, 5.74) is -0.528. The Hall–Kier alpha value is -0.530. The molecule has 32 heavy (non-hydrogen) atoms. The number of hydrogen-bond donors (Lipinski definition) is 1. The Morgan fingerprint density at radius 3 is 1.31 bits per heavy atom. The minimum absolute atomic E-state index is 0.528. The van der Waals surface area contributed by atoms with E-state index >= 15 is 0 Å². The Kier molecular flexibility index (Phi) is 21.9. The van der Waals surface area contributed by atoms with Crippen molar-refractivity contribution in [3.8, 4) is 0 Å². The summed E-state index contributed by atoms with van der Waals surface area (Å²) in [6.45, 7) is 8.78. The first-order valence-electron chi connectivity index (χ1n) is 14.7. The van der Waals surface area contributed by atoms with Crippen LogP contribution in [0.3, 0.4) is 0 Å². The van der Waals surface area contributed by atoms with Gasteiger partial charge in [0, 0.05) is 0 Å². The van der Waals surface area contributed by atoms with Crippen LogP contribution >= 0.6 is 0 Å². The van der Waals surface area contributed by atoms with Crippen molar-refractivity contribution < 1.29 is 9.90 Å². The van der Waals surface area contributed by atoms with Gasteiger partial charge in [-0.25, -0.2) is 0 Å². The Morgan fingerprint density at radius 1 is 0.594 bits per heavy atom. The molecule has 1 unspecified atom stereocenters. The van der Waals surface area contributed by atoms with Gasteiger partial charge in [-0.15, -0.1) is 0 Å². The summed E-state index contributed by atoms with van der Waals surface area (Å²) in [6, 6.07) is 0. The van der Waals surface area contributed by atoms with Crippen LogP contribution in [0, 0.1) is 11.3 Å². The van der Waals surface area contributed by atoms with Crippen molar-refractivity contribution in [1.82, 2.24) is 0 Å². The average molecular weight is 453 g/mol. The van der Waals surface area contributed by atoms with Gasteiger partial charge in [0.1, 0.15) is 0 Å². The number of unbranched alkanes of at least 4 members (excludes halogenated alkanes) is 16. The van der Waals surface area contributed by atoms with Gasteiger partial charge in [-0.05, 0) is 25.7 Å². The van der Waals surface area contributed by atoms with E-state index in [2.05, 4.69) is 20.8 Å². The lowest BCUT2D eigenvalue weighted by Crippen LogP contribution is -2.30. The van der Waals surface area contributed by atoms with E-state index in [9.17, 15) is 9.90 Å². The molecule has 0 rings (SSSR count). The largest absolute Gasteiger partial charge is 0.481 e. The lowest BCUT2D eigenvalue weighted by Gasteiger charge is -2.30. The predicted octanol–water partition coefficient (Wildman–Crippen LogP) is 10.7. The van der Waals surface area contributed by atoms with E-state index in [1.165, 1.54) is 116 Å². The topological polar surface area (TPSA) is 37.3 Å². The minimum Gasteiger partial charge on any atom is -0.481 e. The number of rotatable bonds is 25. The molecule has 0 aromatic rings. The zero-order chi connectivity index (χ0) is 23.9. The van der Waals surface area contributed by atoms with Crippen LogP contribution in [0.1, 0.15) is 175 Å². The fourth-order valence-electron chi connectivity index (χ4n) is 5.18. The molecule has 2 heteroatoms. The maximum atomic E-state index is 12.2. The molecular weight excluding hydrogens is 392 g/mol. The van der Waals surface area contributed by atoms with Crippen LogP contribution < -0.4 is 0 Å². The first-order chi connectivity index (χ1) is 15.5. The number of aliphatic carboxylic acids is 1. The SMILES string of the molecule is CCCCCCCCCCC(CCCCCCCCCC)CC(C)(CCCCC)C(=O)O. The zero-order valence-electron chi connectivity index (χ0n) is 22.7. The molecule has 0 radical (unpaired) electrons. The van der Waals surface area contributed by atoms with Crippen molar-refractivity contribution in [2.75, 3.05) is 0 Å². The molecule has 0 saturated carbocycles. The fraction of sp³-hybridized carbons (Fsp3) is 0.967. The van der Waals surface area contributed by atoms with E-state index in [1.807, 2.05) is 6.92 Å². The Morgan fingerprint density at radius 2 is 0.938 bits per heavy atom. The maximum Gasteiger partial charge on any atom is 0.309 e. The van der Waals surface area contributed by atoms with Crippen LogP contribution in [-0.4, -0.2) is 11.1 Å². The maximum absolute atomic E-state index is 12.2. The second-order valence-corrected chi connectivity index (χ2v) is 10.9. The summed E-state index contributed by atoms with van der Waals surface area (Å²) in [6.07, 6.45) is 29.3. The van der Waals surface area contributed by atoms with E-state index in [4.69, 9.17) is 0 Å². The quantitative estimate of drug-likeness (QED) is 0.140. The standard InChI is InChI=1S/C30H60O2/c1-5-8-11-13-15-17-19-21-24-28(25-22-20-18-16-14-12-9-6-2)27-30(4,29(31)32)26-23-10-7-3/h28H,5-27H2,1-4H3,(H,31,32). The van der Waals surface area contributed by atoms with Crippen molar-refractivity contribution in [2.24, 2.45) is 11.3 Å². The molecule has 1 atom stereocenters. The van der Waals surface area contributed by atoms with Gasteiger partial charge in [-0.3, -0.25) is 4.79 Å². The summed E-state index contributed by atoms with van der Waals surface area (Å²) < 4.78 is 0. The third kappa shape index (κ3) is 18.0. The monoisotopic (exact) mass is 452 g/mol. The fourth-order valence-corrected chi connectivity index (χ4v) is 5.18. The van der Waals surface area contributed by atoms with Crippen LogP contribution in [0.25, 0.3) is 0 Å². The zero-order valence-corrected chi connectivity index (χ0v) is 22.7. The van der Waals surface area contributed by atoms with E-state index < -0.39 is 11.4 Å². The molecule has 0 bridgehead atoms. The molecule has 2 nitrogen and oxygen atoms in total. The lowest BCUT2D eigenvalue weighted by molar-refractivity contribution is -0.149. The van der Waals surface area contributed by atoms with Crippen LogP contribution in [0.4, 0.5) is 0 Å². The summed E-state index contributed by atoms with van der Waals surface area (Å²) in [5, 5.41) is 10.0. The average Bonchev–Trinajstić information content (AvgIpc) is 2.77. The second kappa shape index (κ2) is 22.3. The third-order valence-electron chi connectivity index (χ3n) is 7.52. The molecule has 192 valence electrons. The summed E-state index contributed by atoms with van der Waals surface area (Å²) in [4.78, 5) is 12.2. The van der Waals surface area contributed by atoms with Gasteiger partial charge >= 0.3 is 5.97 Å². The predicted molar refractivity (Wildman–Crippen MR) is 142 cm³/mol. The molecule has 0 aliphatic carbocycles. The minimum atomic E-state index is -0.564. The molecule has 0 fully saturated rings. The highest BCUT2D eigenvalue weighted by molar-refractivity contribution is 5.74. The molecule has 0 aromatic carbocycles. The Balaban J connectivity index is 4.45. The lowest BCUT2D eigenvalue weighted by atomic mass is 9.74. The highest BCUT2D eigenvalue weighted by Gasteiger charge is 2.34. The van der Waals surface area contributed by atoms with Gasteiger partial charge in [-0.1, -0.05) is 156 Å². The molecule has 0 spiro atoms. The van der Waals surface area contributed by atoms with Gasteiger partial charge in [0.15, 0.2) is 0 Å². The molecule has 0 aliphatic heterocycles. The highest BCUT2D eigenvalue weighted by Crippen LogP contribution is 2.36. The summed E-state index contributed by atoms with van der Waals surface area (Å²) in [7, 11) is 0. The van der Waals surface area contributed by atoms with Gasteiger partial charge in [-0.2, -0.15) is 0 Å². The number of carboxylic acid groups (broad SMARTS) is 1. The molecule has 0 amide bonds. The second-order valence-electron chi connectivity index (χ2n) is 10.9. The van der Waals surface area contributed by atoms with Gasteiger partial charge in [0.25, 0.3) is 0 Å². The number of hydrogen-bond acceptors (Lipinski definition) is 1. The van der Waals surface area contributed by atoms with Crippen molar-refractivity contribution >= 4 is 5.97 Å². The van der Waals surface area contributed by atoms with Gasteiger partial charge < -0.3 is 5.11 Å². The van der Waals surface area contributed by atoms with Gasteiger partial charge in [0.05, 0.1) is 5.41 Å². The highest BCUT2D eigenvalue weighted by atomic mass is 16.4. The first kappa shape index (κ1) is 31.5. The van der Waals surface area contributed by atoms with E-state index in [-0.39, 0.29) is 0 Å². The Labute approximate surface area is 202 Å². The van der Waals surface area contributed by atoms with Crippen molar-refractivity contribution in [3.05, 3.63) is 0 Å². The number of carbonyl (C=O) groups is 1. The van der Waals surface area contributed by atoms with Gasteiger partial charge in [0.2, 0.25) is 0 Å². The van der Waals surface area contributed by atoms with Crippen molar-refractivity contribution in [2.45, 2.75) is 175 Å². The summed E-state index contributed by atoms with van der Waals surface area (Å²) in [5.74, 6) is 0.0309. The Bertz CT molecular complexity index is 386. The normalized spacial score (nSPS) is 13.5. The van der Waals surface area contributed by atoms with Crippen LogP contribution in [-0.2, 0) is 4.79 Å². The molecule has 0 saturated heterocycles. The smallest absolute Gasteiger partial charge is 0.309 e. The van der Waals surface area contributed by atoms with Crippen LogP contribution in [0.15, 0.2) is 0 Å². The summed E-state index contributed by atoms with van der Waals surface area (Å²) >= 11 is 0.